The van der Waals surface area contributed by atoms with Gasteiger partial charge in [-0.25, -0.2) is 13.6 Å². The summed E-state index contributed by atoms with van der Waals surface area (Å²) in [6, 6.07) is 5.14. The topological polar surface area (TPSA) is 101 Å². The van der Waals surface area contributed by atoms with Crippen molar-refractivity contribution in [2.24, 2.45) is 5.14 Å². The third kappa shape index (κ3) is 3.48. The van der Waals surface area contributed by atoms with Gasteiger partial charge in [0.05, 0.1) is 10.6 Å². The summed E-state index contributed by atoms with van der Waals surface area (Å²) in [6.07, 6.45) is 0. The lowest BCUT2D eigenvalue weighted by Gasteiger charge is -2.28. The third-order valence-corrected chi connectivity index (χ3v) is 5.95. The van der Waals surface area contributed by atoms with Crippen LogP contribution in [0.4, 0.5) is 5.69 Å². The van der Waals surface area contributed by atoms with E-state index in [1.54, 1.807) is 13.8 Å². The summed E-state index contributed by atoms with van der Waals surface area (Å²) in [5.74, 6) is 0. The number of primary sulfonamides is 1. The molecule has 1 aromatic rings. The number of nitrogens with two attached hydrogens (primary N) is 1. The molecule has 0 amide bonds. The van der Waals surface area contributed by atoms with Crippen molar-refractivity contribution < 1.29 is 16.8 Å². The fraction of sp³-hybridized carbons (Fsp3) is 0.455. The van der Waals surface area contributed by atoms with Crippen LogP contribution >= 0.6 is 0 Å². The summed E-state index contributed by atoms with van der Waals surface area (Å²) >= 11 is 0. The summed E-state index contributed by atoms with van der Waals surface area (Å²) in [5.41, 5.74) is 0.352. The smallest absolute Gasteiger partial charge is 0.261 e. The first-order valence-electron chi connectivity index (χ1n) is 5.82. The van der Waals surface area contributed by atoms with Crippen molar-refractivity contribution in [2.75, 3.05) is 18.4 Å². The number of anilines is 1. The van der Waals surface area contributed by atoms with E-state index < -0.39 is 20.2 Å². The maximum Gasteiger partial charge on any atom is 0.303 e. The average Bonchev–Trinajstić information content (AvgIpc) is 2.35. The molecule has 0 radical (unpaired) electrons. The second kappa shape index (κ2) is 5.68. The van der Waals surface area contributed by atoms with Gasteiger partial charge in [-0.15, -0.1) is 0 Å². The number of hydrogen-bond acceptors (Lipinski definition) is 4. The van der Waals surface area contributed by atoms with E-state index in [2.05, 4.69) is 0 Å². The quantitative estimate of drug-likeness (QED) is 0.846. The molecule has 0 bridgehead atoms. The van der Waals surface area contributed by atoms with Crippen molar-refractivity contribution in [1.82, 2.24) is 4.31 Å². The van der Waals surface area contributed by atoms with Crippen molar-refractivity contribution in [1.29, 1.82) is 0 Å². The molecule has 0 aliphatic heterocycles. The molecule has 1 aromatic carbocycles. The van der Waals surface area contributed by atoms with Crippen LogP contribution in [-0.4, -0.2) is 41.3 Å². The van der Waals surface area contributed by atoms with Gasteiger partial charge in [0.2, 0.25) is 10.0 Å². The molecule has 20 heavy (non-hydrogen) atoms. The molecule has 2 N–H and O–H groups in total. The molecule has 7 nitrogen and oxygen atoms in total. The van der Waals surface area contributed by atoms with Crippen LogP contribution in [-0.2, 0) is 20.2 Å². The number of rotatable bonds is 5. The van der Waals surface area contributed by atoms with Crippen LogP contribution < -0.4 is 9.44 Å². The minimum absolute atomic E-state index is 0.0655. The van der Waals surface area contributed by atoms with Crippen molar-refractivity contribution in [2.45, 2.75) is 24.8 Å². The second-order valence-electron chi connectivity index (χ2n) is 4.62. The fourth-order valence-electron chi connectivity index (χ4n) is 1.44. The minimum atomic E-state index is -3.79. The SMILES string of the molecule is CC(C)N(C)S(=O)(=O)N(C)c1ccc(S(N)(=O)=O)cc1. The van der Waals surface area contributed by atoms with E-state index in [1.807, 2.05) is 0 Å². The Morgan fingerprint density at radius 1 is 1.00 bits per heavy atom. The molecule has 0 saturated heterocycles. The van der Waals surface area contributed by atoms with Crippen LogP contribution in [0.1, 0.15) is 13.8 Å². The molecule has 114 valence electrons. The summed E-state index contributed by atoms with van der Waals surface area (Å²) in [5, 5.41) is 4.99. The molecule has 0 atom stereocenters. The predicted molar refractivity (Wildman–Crippen MR) is 78.0 cm³/mol. The van der Waals surface area contributed by atoms with E-state index in [9.17, 15) is 16.8 Å². The number of nitrogens with zero attached hydrogens (tertiary/aromatic N) is 2. The molecule has 0 heterocycles. The summed E-state index contributed by atoms with van der Waals surface area (Å²) in [6.45, 7) is 3.52. The highest BCUT2D eigenvalue weighted by molar-refractivity contribution is 7.90. The lowest BCUT2D eigenvalue weighted by molar-refractivity contribution is 0.409. The summed E-state index contributed by atoms with van der Waals surface area (Å²) in [7, 11) is -4.56. The van der Waals surface area contributed by atoms with Crippen molar-refractivity contribution in [3.05, 3.63) is 24.3 Å². The number of benzene rings is 1. The van der Waals surface area contributed by atoms with E-state index in [0.29, 0.717) is 5.69 Å². The average molecular weight is 321 g/mol. The van der Waals surface area contributed by atoms with Crippen LogP contribution in [0, 0.1) is 0 Å². The Hall–Kier alpha value is -1.16. The molecule has 0 aromatic heterocycles. The second-order valence-corrected chi connectivity index (χ2v) is 8.20. The highest BCUT2D eigenvalue weighted by Crippen LogP contribution is 2.20. The summed E-state index contributed by atoms with van der Waals surface area (Å²) in [4.78, 5) is -0.0655. The van der Waals surface area contributed by atoms with E-state index in [0.717, 1.165) is 4.31 Å². The van der Waals surface area contributed by atoms with Gasteiger partial charge in [-0.2, -0.15) is 12.7 Å². The Kier molecular flexibility index (Phi) is 4.80. The summed E-state index contributed by atoms with van der Waals surface area (Å²) < 4.78 is 49.1. The first kappa shape index (κ1) is 16.9. The van der Waals surface area contributed by atoms with E-state index >= 15 is 0 Å². The van der Waals surface area contributed by atoms with Crippen LogP contribution in [0.15, 0.2) is 29.2 Å². The molecule has 1 rings (SSSR count). The zero-order valence-electron chi connectivity index (χ0n) is 11.8. The molecule has 0 aliphatic carbocycles. The Balaban J connectivity index is 3.14. The van der Waals surface area contributed by atoms with Crippen LogP contribution in [0.2, 0.25) is 0 Å². The van der Waals surface area contributed by atoms with Gasteiger partial charge >= 0.3 is 10.2 Å². The monoisotopic (exact) mass is 321 g/mol. The standard InChI is InChI=1S/C11H19N3O4S2/c1-9(2)13(3)20(17,18)14(4)10-5-7-11(8-6-10)19(12,15)16/h5-9H,1-4H3,(H2,12,15,16). The zero-order chi connectivity index (χ0) is 15.7. The largest absolute Gasteiger partial charge is 0.303 e. The van der Waals surface area contributed by atoms with E-state index in [1.165, 1.54) is 42.7 Å². The van der Waals surface area contributed by atoms with Gasteiger partial charge in [-0.05, 0) is 38.1 Å². The Morgan fingerprint density at radius 3 is 1.80 bits per heavy atom. The van der Waals surface area contributed by atoms with Gasteiger partial charge in [0.25, 0.3) is 0 Å². The van der Waals surface area contributed by atoms with Crippen LogP contribution in [0.5, 0.6) is 0 Å². The molecule has 9 heteroatoms. The maximum atomic E-state index is 12.3. The van der Waals surface area contributed by atoms with Gasteiger partial charge in [-0.1, -0.05) is 0 Å². The van der Waals surface area contributed by atoms with Crippen molar-refractivity contribution in [3.8, 4) is 0 Å². The minimum Gasteiger partial charge on any atom is -0.261 e. The van der Waals surface area contributed by atoms with Gasteiger partial charge in [0.15, 0.2) is 0 Å². The van der Waals surface area contributed by atoms with Crippen LogP contribution in [0.25, 0.3) is 0 Å². The highest BCUT2D eigenvalue weighted by atomic mass is 32.2. The lowest BCUT2D eigenvalue weighted by Crippen LogP contribution is -2.43. The molecule has 0 fully saturated rings. The first-order chi connectivity index (χ1) is 8.98. The van der Waals surface area contributed by atoms with Crippen LogP contribution in [0.3, 0.4) is 0 Å². The molecule has 0 spiro atoms. The predicted octanol–water partition coefficient (Wildman–Crippen LogP) is 0.355. The normalized spacial score (nSPS) is 12.9. The Labute approximate surface area is 120 Å². The van der Waals surface area contributed by atoms with Crippen molar-refractivity contribution in [3.63, 3.8) is 0 Å². The van der Waals surface area contributed by atoms with E-state index in [4.69, 9.17) is 5.14 Å². The van der Waals surface area contributed by atoms with Crippen molar-refractivity contribution >= 4 is 25.9 Å². The van der Waals surface area contributed by atoms with Gasteiger partial charge in [-0.3, -0.25) is 4.31 Å². The molecule has 0 saturated carbocycles. The first-order valence-corrected chi connectivity index (χ1v) is 8.77. The maximum absolute atomic E-state index is 12.3. The third-order valence-electron chi connectivity index (χ3n) is 2.97. The molecular weight excluding hydrogens is 302 g/mol. The molecule has 0 aliphatic rings. The zero-order valence-corrected chi connectivity index (χ0v) is 13.4. The van der Waals surface area contributed by atoms with E-state index in [-0.39, 0.29) is 10.9 Å². The molecule has 0 unspecified atom stereocenters. The highest BCUT2D eigenvalue weighted by Gasteiger charge is 2.26. The van der Waals surface area contributed by atoms with Gasteiger partial charge in [0, 0.05) is 20.1 Å². The Morgan fingerprint density at radius 2 is 1.45 bits per heavy atom. The van der Waals surface area contributed by atoms with Gasteiger partial charge in [0.1, 0.15) is 0 Å². The lowest BCUT2D eigenvalue weighted by atomic mass is 10.3. The molecular formula is C11H19N3O4S2. The number of sulfonamides is 1. The fourth-order valence-corrected chi connectivity index (χ4v) is 3.26. The van der Waals surface area contributed by atoms with Gasteiger partial charge < -0.3 is 0 Å². The number of hydrogen-bond donors (Lipinski definition) is 1. The Bertz CT molecular complexity index is 666.